The molecule has 1 saturated heterocycles. The first kappa shape index (κ1) is 15.0. The van der Waals surface area contributed by atoms with Crippen molar-refractivity contribution in [1.82, 2.24) is 9.80 Å². The van der Waals surface area contributed by atoms with Gasteiger partial charge in [-0.1, -0.05) is 6.07 Å². The molecule has 0 radical (unpaired) electrons. The SMILES string of the molecule is N#CCCC(C#N)CN1CCN(Cc2cccs2)CC1. The first-order chi connectivity index (χ1) is 9.81. The number of piperazine rings is 1. The van der Waals surface area contributed by atoms with Crippen molar-refractivity contribution < 1.29 is 0 Å². The molecule has 0 N–H and O–H groups in total. The Morgan fingerprint density at radius 2 is 1.95 bits per heavy atom. The molecule has 1 unspecified atom stereocenters. The van der Waals surface area contributed by atoms with E-state index >= 15 is 0 Å². The Labute approximate surface area is 124 Å². The fourth-order valence-corrected chi connectivity index (χ4v) is 3.25. The van der Waals surface area contributed by atoms with E-state index in [2.05, 4.69) is 39.5 Å². The quantitative estimate of drug-likeness (QED) is 0.806. The van der Waals surface area contributed by atoms with Crippen LogP contribution in [-0.2, 0) is 6.54 Å². The molecule has 0 bridgehead atoms. The summed E-state index contributed by atoms with van der Waals surface area (Å²) in [5.74, 6) is -0.00139. The highest BCUT2D eigenvalue weighted by Crippen LogP contribution is 2.15. The molecule has 1 aromatic rings. The summed E-state index contributed by atoms with van der Waals surface area (Å²) in [6.45, 7) is 6.03. The van der Waals surface area contributed by atoms with Crippen LogP contribution in [0.15, 0.2) is 17.5 Å². The Bertz CT molecular complexity index is 463. The minimum absolute atomic E-state index is 0.00139. The van der Waals surface area contributed by atoms with Gasteiger partial charge in [0.25, 0.3) is 0 Å². The normalized spacial score (nSPS) is 18.3. The van der Waals surface area contributed by atoms with E-state index in [-0.39, 0.29) is 5.92 Å². The first-order valence-electron chi connectivity index (χ1n) is 7.05. The molecule has 1 atom stereocenters. The van der Waals surface area contributed by atoms with Crippen molar-refractivity contribution in [2.75, 3.05) is 32.7 Å². The lowest BCUT2D eigenvalue weighted by Crippen LogP contribution is -2.47. The van der Waals surface area contributed by atoms with Crippen LogP contribution in [0.25, 0.3) is 0 Å². The number of nitriles is 2. The zero-order chi connectivity index (χ0) is 14.2. The van der Waals surface area contributed by atoms with Gasteiger partial charge in [-0.25, -0.2) is 0 Å². The van der Waals surface area contributed by atoms with Crippen molar-refractivity contribution in [2.45, 2.75) is 19.4 Å². The highest BCUT2D eigenvalue weighted by Gasteiger charge is 2.20. The Morgan fingerprint density at radius 1 is 1.20 bits per heavy atom. The summed E-state index contributed by atoms with van der Waals surface area (Å²) in [7, 11) is 0. The molecule has 5 heteroatoms. The Morgan fingerprint density at radius 3 is 2.55 bits per heavy atom. The van der Waals surface area contributed by atoms with Crippen LogP contribution in [0, 0.1) is 28.6 Å². The van der Waals surface area contributed by atoms with Gasteiger partial charge < -0.3 is 0 Å². The molecule has 2 heterocycles. The zero-order valence-corrected chi connectivity index (χ0v) is 12.5. The standard InChI is InChI=1S/C15H20N4S/c16-5-1-3-14(11-17)12-18-6-8-19(9-7-18)13-15-4-2-10-20-15/h2,4,10,14H,1,3,6-9,12-13H2. The molecule has 106 valence electrons. The van der Waals surface area contributed by atoms with E-state index in [1.165, 1.54) is 4.88 Å². The summed E-state index contributed by atoms with van der Waals surface area (Å²) >= 11 is 1.81. The van der Waals surface area contributed by atoms with Gasteiger partial charge in [-0.2, -0.15) is 10.5 Å². The molecule has 4 nitrogen and oxygen atoms in total. The number of hydrogen-bond donors (Lipinski definition) is 0. The minimum atomic E-state index is -0.00139. The molecular weight excluding hydrogens is 268 g/mol. The second-order valence-electron chi connectivity index (χ2n) is 5.18. The van der Waals surface area contributed by atoms with E-state index in [1.807, 2.05) is 11.3 Å². The lowest BCUT2D eigenvalue weighted by Gasteiger charge is -2.35. The molecule has 20 heavy (non-hydrogen) atoms. The van der Waals surface area contributed by atoms with Gasteiger partial charge >= 0.3 is 0 Å². The minimum Gasteiger partial charge on any atom is -0.299 e. The molecule has 0 aromatic carbocycles. The highest BCUT2D eigenvalue weighted by atomic mass is 32.1. The van der Waals surface area contributed by atoms with Crippen LogP contribution in [0.2, 0.25) is 0 Å². The van der Waals surface area contributed by atoms with Gasteiger partial charge in [-0.15, -0.1) is 11.3 Å². The van der Waals surface area contributed by atoms with Gasteiger partial charge in [-0.05, 0) is 17.9 Å². The summed E-state index contributed by atoms with van der Waals surface area (Å²) in [4.78, 5) is 6.25. The molecule has 1 aliphatic heterocycles. The third-order valence-electron chi connectivity index (χ3n) is 3.69. The predicted molar refractivity (Wildman–Crippen MR) is 80.0 cm³/mol. The largest absolute Gasteiger partial charge is 0.299 e. The van der Waals surface area contributed by atoms with Crippen molar-refractivity contribution >= 4 is 11.3 Å². The molecule has 0 aliphatic carbocycles. The lowest BCUT2D eigenvalue weighted by molar-refractivity contribution is 0.119. The van der Waals surface area contributed by atoms with E-state index < -0.39 is 0 Å². The van der Waals surface area contributed by atoms with Crippen LogP contribution in [0.1, 0.15) is 17.7 Å². The topological polar surface area (TPSA) is 54.1 Å². The summed E-state index contributed by atoms with van der Waals surface area (Å²) in [6.07, 6.45) is 1.18. The van der Waals surface area contributed by atoms with E-state index in [4.69, 9.17) is 10.5 Å². The fraction of sp³-hybridized carbons (Fsp3) is 0.600. The predicted octanol–water partition coefficient (Wildman–Crippen LogP) is 2.31. The first-order valence-corrected chi connectivity index (χ1v) is 7.93. The second-order valence-corrected chi connectivity index (χ2v) is 6.21. The van der Waals surface area contributed by atoms with Crippen LogP contribution in [0.4, 0.5) is 0 Å². The molecule has 1 aromatic heterocycles. The third kappa shape index (κ3) is 4.61. The zero-order valence-electron chi connectivity index (χ0n) is 11.7. The van der Waals surface area contributed by atoms with Gasteiger partial charge in [0.2, 0.25) is 0 Å². The van der Waals surface area contributed by atoms with Crippen molar-refractivity contribution in [2.24, 2.45) is 5.92 Å². The molecule has 0 spiro atoms. The average Bonchev–Trinajstić information content (AvgIpc) is 2.98. The average molecular weight is 288 g/mol. The fourth-order valence-electron chi connectivity index (χ4n) is 2.50. The van der Waals surface area contributed by atoms with Crippen molar-refractivity contribution in [3.63, 3.8) is 0 Å². The van der Waals surface area contributed by atoms with Crippen molar-refractivity contribution in [1.29, 1.82) is 10.5 Å². The van der Waals surface area contributed by atoms with Crippen LogP contribution in [0.5, 0.6) is 0 Å². The van der Waals surface area contributed by atoms with Gasteiger partial charge in [0, 0.05) is 50.6 Å². The number of thiophene rings is 1. The maximum absolute atomic E-state index is 9.11. The third-order valence-corrected chi connectivity index (χ3v) is 4.55. The number of rotatable bonds is 6. The van der Waals surface area contributed by atoms with E-state index in [0.29, 0.717) is 12.8 Å². The number of hydrogen-bond acceptors (Lipinski definition) is 5. The van der Waals surface area contributed by atoms with E-state index in [1.54, 1.807) is 0 Å². The molecule has 1 aliphatic rings. The molecule has 1 fully saturated rings. The van der Waals surface area contributed by atoms with Crippen LogP contribution >= 0.6 is 11.3 Å². The van der Waals surface area contributed by atoms with Gasteiger partial charge in [0.05, 0.1) is 18.1 Å². The van der Waals surface area contributed by atoms with E-state index in [0.717, 1.165) is 39.3 Å². The summed E-state index contributed by atoms with van der Waals surface area (Å²) in [5.41, 5.74) is 0. The molecule has 0 amide bonds. The smallest absolute Gasteiger partial charge is 0.0669 e. The Hall–Kier alpha value is -1.40. The van der Waals surface area contributed by atoms with Gasteiger partial charge in [0.1, 0.15) is 0 Å². The summed E-state index contributed by atoms with van der Waals surface area (Å²) in [5, 5.41) is 19.8. The summed E-state index contributed by atoms with van der Waals surface area (Å²) in [6, 6.07) is 8.74. The molecular formula is C15H20N4S. The lowest BCUT2D eigenvalue weighted by atomic mass is 10.0. The Balaban J connectivity index is 1.71. The Kier molecular flexibility index (Phi) is 6.01. The molecule has 0 saturated carbocycles. The monoisotopic (exact) mass is 288 g/mol. The van der Waals surface area contributed by atoms with Gasteiger partial charge in [-0.3, -0.25) is 9.80 Å². The molecule has 2 rings (SSSR count). The van der Waals surface area contributed by atoms with Crippen molar-refractivity contribution in [3.8, 4) is 12.1 Å². The van der Waals surface area contributed by atoms with E-state index in [9.17, 15) is 0 Å². The van der Waals surface area contributed by atoms with Crippen molar-refractivity contribution in [3.05, 3.63) is 22.4 Å². The van der Waals surface area contributed by atoms with Gasteiger partial charge in [0.15, 0.2) is 0 Å². The maximum atomic E-state index is 9.11. The van der Waals surface area contributed by atoms with Crippen LogP contribution < -0.4 is 0 Å². The highest BCUT2D eigenvalue weighted by molar-refractivity contribution is 7.09. The van der Waals surface area contributed by atoms with Crippen LogP contribution in [-0.4, -0.2) is 42.5 Å². The second kappa shape index (κ2) is 8.01. The maximum Gasteiger partial charge on any atom is 0.0669 e. The number of nitrogens with zero attached hydrogens (tertiary/aromatic N) is 4. The summed E-state index contributed by atoms with van der Waals surface area (Å²) < 4.78 is 0. The van der Waals surface area contributed by atoms with Crippen LogP contribution in [0.3, 0.4) is 0 Å².